The first-order chi connectivity index (χ1) is 8.54. The molecule has 0 bridgehead atoms. The lowest BCUT2D eigenvalue weighted by Crippen LogP contribution is -2.39. The van der Waals surface area contributed by atoms with Crippen molar-refractivity contribution >= 4 is 0 Å². The van der Waals surface area contributed by atoms with E-state index in [0.29, 0.717) is 5.57 Å². The van der Waals surface area contributed by atoms with Gasteiger partial charge in [-0.05, 0) is 17.9 Å². The summed E-state index contributed by atoms with van der Waals surface area (Å²) in [5, 5.41) is 13.0. The van der Waals surface area contributed by atoms with E-state index >= 15 is 0 Å². The van der Waals surface area contributed by atoms with Gasteiger partial charge in [0.2, 0.25) is 0 Å². The lowest BCUT2D eigenvalue weighted by Gasteiger charge is -2.27. The van der Waals surface area contributed by atoms with Crippen molar-refractivity contribution in [3.63, 3.8) is 0 Å². The van der Waals surface area contributed by atoms with Gasteiger partial charge < -0.3 is 10.2 Å². The lowest BCUT2D eigenvalue weighted by molar-refractivity contribution is 0.0479. The third kappa shape index (κ3) is 2.27. The Morgan fingerprint density at radius 2 is 2.44 bits per heavy atom. The second-order valence-corrected chi connectivity index (χ2v) is 4.54. The Morgan fingerprint density at radius 1 is 1.78 bits per heavy atom. The summed E-state index contributed by atoms with van der Waals surface area (Å²) in [7, 11) is 0. The van der Waals surface area contributed by atoms with Crippen LogP contribution < -0.4 is 11.3 Å². The maximum atomic E-state index is 9.13. The van der Waals surface area contributed by atoms with Gasteiger partial charge in [0.15, 0.2) is 0 Å². The number of nitrogens with zero attached hydrogens (tertiary/aromatic N) is 4. The van der Waals surface area contributed by atoms with Crippen molar-refractivity contribution in [1.29, 1.82) is 5.26 Å². The van der Waals surface area contributed by atoms with Gasteiger partial charge in [0.05, 0.1) is 23.3 Å². The molecule has 1 unspecified atom stereocenters. The fourth-order valence-electron chi connectivity index (χ4n) is 2.38. The van der Waals surface area contributed by atoms with E-state index in [9.17, 15) is 0 Å². The van der Waals surface area contributed by atoms with Crippen LogP contribution in [-0.4, -0.2) is 17.7 Å². The molecule has 0 aromatic carbocycles. The molecule has 4 atom stereocenters. The van der Waals surface area contributed by atoms with Gasteiger partial charge in [-0.15, -0.1) is 0 Å². The van der Waals surface area contributed by atoms with E-state index < -0.39 is 11.6 Å². The monoisotopic (exact) mass is 250 g/mol. The zero-order chi connectivity index (χ0) is 13.8. The highest BCUT2D eigenvalue weighted by atomic mass is 16.5. The molecule has 1 aliphatic heterocycles. The Kier molecular flexibility index (Phi) is 4.56. The Balaban J connectivity index is 3.21. The minimum Gasteiger partial charge on any atom is -0.368 e. The molecule has 0 amide bonds. The molecule has 0 radical (unpaired) electrons. The number of nitrogens with two attached hydrogens (primary N) is 1. The summed E-state index contributed by atoms with van der Waals surface area (Å²) in [5.74, 6) is 5.23. The highest BCUT2D eigenvalue weighted by Gasteiger charge is 2.51. The Labute approximate surface area is 106 Å². The molecule has 0 spiro atoms. The molecule has 0 aliphatic carbocycles. The van der Waals surface area contributed by atoms with E-state index in [-0.39, 0.29) is 12.0 Å². The molecule has 98 valence electrons. The van der Waals surface area contributed by atoms with Gasteiger partial charge in [-0.3, -0.25) is 5.84 Å². The number of hydrogen-bond donors (Lipinski definition) is 2. The molecule has 1 aliphatic rings. The van der Waals surface area contributed by atoms with Gasteiger partial charge in [0, 0.05) is 11.1 Å². The molecule has 7 nitrogen and oxygen atoms in total. The molecule has 1 saturated heterocycles. The highest BCUT2D eigenvalue weighted by Crippen LogP contribution is 2.43. The van der Waals surface area contributed by atoms with E-state index in [4.69, 9.17) is 21.4 Å². The summed E-state index contributed by atoms with van der Waals surface area (Å²) < 4.78 is 5.85. The first kappa shape index (κ1) is 14.3. The Hall–Kier alpha value is -1.74. The standard InChI is InChI=1S/C11H18N6O/c1-4-9-7(2)11(3,16-17-14)10(18-9)8(5-12)6-15-13/h6-7,9-10,15H,4,13H2,1-3H3/t7-,9-,10?,11-/m1/s1. The van der Waals surface area contributed by atoms with Crippen molar-refractivity contribution in [3.8, 4) is 6.07 Å². The van der Waals surface area contributed by atoms with Crippen molar-refractivity contribution in [2.45, 2.75) is 44.9 Å². The maximum absolute atomic E-state index is 9.13. The predicted octanol–water partition coefficient (Wildman–Crippen LogP) is 1.74. The normalized spacial score (nSPS) is 35.7. The lowest BCUT2D eigenvalue weighted by atomic mass is 9.80. The minimum atomic E-state index is -0.784. The van der Waals surface area contributed by atoms with Crippen LogP contribution in [-0.2, 0) is 4.74 Å². The zero-order valence-electron chi connectivity index (χ0n) is 10.8. The third-order valence-electron chi connectivity index (χ3n) is 3.63. The molecule has 18 heavy (non-hydrogen) atoms. The molecule has 7 heteroatoms. The molecular formula is C11H18N6O. The summed E-state index contributed by atoms with van der Waals surface area (Å²) in [4.78, 5) is 2.89. The van der Waals surface area contributed by atoms with Crippen LogP contribution >= 0.6 is 0 Å². The van der Waals surface area contributed by atoms with Gasteiger partial charge in [-0.1, -0.05) is 25.9 Å². The van der Waals surface area contributed by atoms with Crippen LogP contribution in [0.3, 0.4) is 0 Å². The predicted molar refractivity (Wildman–Crippen MR) is 66.7 cm³/mol. The number of nitrogens with one attached hydrogen (secondary N) is 1. The van der Waals surface area contributed by atoms with Crippen molar-refractivity contribution in [2.24, 2.45) is 16.9 Å². The van der Waals surface area contributed by atoms with Crippen LogP contribution in [0.2, 0.25) is 0 Å². The number of hydrogen-bond acceptors (Lipinski definition) is 5. The number of azide groups is 1. The van der Waals surface area contributed by atoms with Crippen molar-refractivity contribution in [2.75, 3.05) is 0 Å². The second kappa shape index (κ2) is 5.74. The molecular weight excluding hydrogens is 232 g/mol. The topological polar surface area (TPSA) is 120 Å². The van der Waals surface area contributed by atoms with Gasteiger partial charge in [-0.25, -0.2) is 0 Å². The van der Waals surface area contributed by atoms with E-state index in [2.05, 4.69) is 15.5 Å². The minimum absolute atomic E-state index is 0.0259. The summed E-state index contributed by atoms with van der Waals surface area (Å²) in [6.45, 7) is 5.77. The number of nitriles is 1. The quantitative estimate of drug-likeness (QED) is 0.197. The fourth-order valence-corrected chi connectivity index (χ4v) is 2.38. The molecule has 3 N–H and O–H groups in total. The average molecular weight is 250 g/mol. The Bertz CT molecular complexity index is 422. The number of rotatable bonds is 4. The smallest absolute Gasteiger partial charge is 0.106 e. The van der Waals surface area contributed by atoms with Gasteiger partial charge in [0.1, 0.15) is 6.10 Å². The van der Waals surface area contributed by atoms with Crippen LogP contribution in [0.5, 0.6) is 0 Å². The van der Waals surface area contributed by atoms with Crippen LogP contribution in [0.25, 0.3) is 10.4 Å². The summed E-state index contributed by atoms with van der Waals surface area (Å²) >= 11 is 0. The largest absolute Gasteiger partial charge is 0.368 e. The average Bonchev–Trinajstić information content (AvgIpc) is 2.60. The van der Waals surface area contributed by atoms with Crippen LogP contribution in [0.1, 0.15) is 27.2 Å². The molecule has 0 saturated carbocycles. The van der Waals surface area contributed by atoms with Crippen LogP contribution in [0, 0.1) is 17.2 Å². The number of ether oxygens (including phenoxy) is 1. The van der Waals surface area contributed by atoms with Gasteiger partial charge in [-0.2, -0.15) is 5.26 Å². The van der Waals surface area contributed by atoms with Gasteiger partial charge >= 0.3 is 0 Å². The van der Waals surface area contributed by atoms with E-state index in [0.717, 1.165) is 6.42 Å². The molecule has 1 rings (SSSR count). The van der Waals surface area contributed by atoms with Crippen LogP contribution in [0.15, 0.2) is 16.9 Å². The van der Waals surface area contributed by atoms with Crippen LogP contribution in [0.4, 0.5) is 0 Å². The van der Waals surface area contributed by atoms with Gasteiger partial charge in [0.25, 0.3) is 0 Å². The number of hydrazine groups is 1. The highest BCUT2D eigenvalue weighted by molar-refractivity contribution is 5.31. The maximum Gasteiger partial charge on any atom is 0.106 e. The fraction of sp³-hybridized carbons (Fsp3) is 0.727. The summed E-state index contributed by atoms with van der Waals surface area (Å²) in [6.07, 6.45) is 1.55. The first-order valence-electron chi connectivity index (χ1n) is 5.83. The first-order valence-corrected chi connectivity index (χ1v) is 5.83. The zero-order valence-corrected chi connectivity index (χ0v) is 10.8. The summed E-state index contributed by atoms with van der Waals surface area (Å²) in [5.41, 5.74) is 10.6. The van der Waals surface area contributed by atoms with Crippen molar-refractivity contribution in [3.05, 3.63) is 22.2 Å². The van der Waals surface area contributed by atoms with E-state index in [1.165, 1.54) is 6.20 Å². The molecule has 0 aromatic heterocycles. The van der Waals surface area contributed by atoms with Crippen molar-refractivity contribution < 1.29 is 4.74 Å². The molecule has 1 heterocycles. The molecule has 0 aromatic rings. The summed E-state index contributed by atoms with van der Waals surface area (Å²) in [6, 6.07) is 2.03. The van der Waals surface area contributed by atoms with Crippen molar-refractivity contribution in [1.82, 2.24) is 5.43 Å². The second-order valence-electron chi connectivity index (χ2n) is 4.54. The third-order valence-corrected chi connectivity index (χ3v) is 3.63. The Morgan fingerprint density at radius 3 is 2.89 bits per heavy atom. The molecule has 1 fully saturated rings. The van der Waals surface area contributed by atoms with E-state index in [1.807, 2.05) is 19.9 Å². The SMILES string of the molecule is CC[C@H]1OC(C(C#N)=CNN)[C@](C)(N=[N+]=[N-])[C@@H]1C. The van der Waals surface area contributed by atoms with E-state index in [1.54, 1.807) is 6.92 Å².